The summed E-state index contributed by atoms with van der Waals surface area (Å²) in [5.74, 6) is -0.428. The average Bonchev–Trinajstić information content (AvgIpc) is 2.93. The second kappa shape index (κ2) is 7.17. The van der Waals surface area contributed by atoms with Crippen molar-refractivity contribution in [2.24, 2.45) is 5.10 Å². The van der Waals surface area contributed by atoms with Gasteiger partial charge in [0.2, 0.25) is 0 Å². The van der Waals surface area contributed by atoms with Gasteiger partial charge in [-0.15, -0.1) is 11.3 Å². The predicted molar refractivity (Wildman–Crippen MR) is 98.7 cm³/mol. The van der Waals surface area contributed by atoms with Gasteiger partial charge < -0.3 is 4.74 Å². The molecule has 0 atom stereocenters. The summed E-state index contributed by atoms with van der Waals surface area (Å²) in [6.45, 7) is 5.32. The molecule has 0 radical (unpaired) electrons. The van der Waals surface area contributed by atoms with E-state index < -0.39 is 5.97 Å². The third-order valence-corrected chi connectivity index (χ3v) is 4.92. The Morgan fingerprint density at radius 3 is 2.69 bits per heavy atom. The Kier molecular flexibility index (Phi) is 4.94. The molecule has 3 aromatic rings. The Balaban J connectivity index is 2.09. The zero-order chi connectivity index (χ0) is 18.8. The molecule has 0 aliphatic heterocycles. The molecule has 1 aromatic carbocycles. The highest BCUT2D eigenvalue weighted by Gasteiger charge is 2.21. The molecule has 0 bridgehead atoms. The number of hydrogen-bond acceptors (Lipinski definition) is 6. The lowest BCUT2D eigenvalue weighted by molar-refractivity contribution is 0.0531. The van der Waals surface area contributed by atoms with Crippen molar-refractivity contribution in [1.82, 2.24) is 9.66 Å². The second-order valence-corrected chi connectivity index (χ2v) is 6.53. The number of carbonyl (C=O) groups excluding carboxylic acids is 1. The fraction of sp³-hybridized carbons (Fsp3) is 0.222. The van der Waals surface area contributed by atoms with E-state index in [9.17, 15) is 14.0 Å². The summed E-state index contributed by atoms with van der Waals surface area (Å²) in [5, 5.41) is 4.52. The maximum atomic E-state index is 13.0. The van der Waals surface area contributed by atoms with E-state index >= 15 is 0 Å². The number of hydrogen-bond donors (Lipinski definition) is 0. The summed E-state index contributed by atoms with van der Waals surface area (Å²) in [5.41, 5.74) is 0.814. The first kappa shape index (κ1) is 17.9. The SMILES string of the molecule is CCOC(=O)c1sc2nc(C)n(N=Cc3ccc(F)cc3)c(=O)c2c1C. The molecule has 2 heterocycles. The van der Waals surface area contributed by atoms with Gasteiger partial charge in [-0.05, 0) is 44.0 Å². The van der Waals surface area contributed by atoms with Crippen molar-refractivity contribution in [2.45, 2.75) is 20.8 Å². The van der Waals surface area contributed by atoms with Crippen LogP contribution >= 0.6 is 11.3 Å². The number of nitrogens with zero attached hydrogens (tertiary/aromatic N) is 3. The van der Waals surface area contributed by atoms with Crippen molar-refractivity contribution in [2.75, 3.05) is 6.61 Å². The number of thiophene rings is 1. The number of halogens is 1. The van der Waals surface area contributed by atoms with E-state index in [1.54, 1.807) is 32.9 Å². The summed E-state index contributed by atoms with van der Waals surface area (Å²) in [6.07, 6.45) is 1.45. The molecule has 134 valence electrons. The monoisotopic (exact) mass is 373 g/mol. The van der Waals surface area contributed by atoms with E-state index in [2.05, 4.69) is 10.1 Å². The third kappa shape index (κ3) is 3.28. The summed E-state index contributed by atoms with van der Waals surface area (Å²) < 4.78 is 19.2. The topological polar surface area (TPSA) is 73.5 Å². The van der Waals surface area contributed by atoms with Gasteiger partial charge in [0.05, 0.1) is 18.2 Å². The highest BCUT2D eigenvalue weighted by atomic mass is 32.1. The minimum absolute atomic E-state index is 0.255. The summed E-state index contributed by atoms with van der Waals surface area (Å²) in [6, 6.07) is 5.74. The number of benzene rings is 1. The number of carbonyl (C=O) groups is 1. The van der Waals surface area contributed by atoms with Crippen molar-refractivity contribution in [3.05, 3.63) is 62.3 Å². The maximum absolute atomic E-state index is 13.0. The van der Waals surface area contributed by atoms with Crippen LogP contribution in [-0.2, 0) is 4.74 Å². The fourth-order valence-corrected chi connectivity index (χ4v) is 3.59. The minimum Gasteiger partial charge on any atom is -0.462 e. The molecule has 0 unspecified atom stereocenters. The molecule has 0 fully saturated rings. The van der Waals surface area contributed by atoms with Gasteiger partial charge in [0.25, 0.3) is 5.56 Å². The zero-order valence-electron chi connectivity index (χ0n) is 14.4. The van der Waals surface area contributed by atoms with E-state index in [0.717, 1.165) is 11.3 Å². The molecule has 3 rings (SSSR count). The van der Waals surface area contributed by atoms with E-state index in [0.29, 0.717) is 32.0 Å². The molecular weight excluding hydrogens is 357 g/mol. The van der Waals surface area contributed by atoms with Crippen LogP contribution in [0.1, 0.15) is 33.5 Å². The van der Waals surface area contributed by atoms with Crippen LogP contribution < -0.4 is 5.56 Å². The molecule has 8 heteroatoms. The van der Waals surface area contributed by atoms with Crippen LogP contribution in [-0.4, -0.2) is 28.5 Å². The largest absolute Gasteiger partial charge is 0.462 e. The van der Waals surface area contributed by atoms with E-state index in [-0.39, 0.29) is 18.0 Å². The van der Waals surface area contributed by atoms with Crippen LogP contribution in [0.2, 0.25) is 0 Å². The molecule has 0 spiro atoms. The maximum Gasteiger partial charge on any atom is 0.348 e. The van der Waals surface area contributed by atoms with Gasteiger partial charge in [0, 0.05) is 0 Å². The van der Waals surface area contributed by atoms with Gasteiger partial charge in [-0.1, -0.05) is 12.1 Å². The van der Waals surface area contributed by atoms with Crippen LogP contribution in [0.4, 0.5) is 4.39 Å². The average molecular weight is 373 g/mol. The first-order chi connectivity index (χ1) is 12.4. The Bertz CT molecular complexity index is 1070. The number of rotatable bonds is 4. The summed E-state index contributed by atoms with van der Waals surface area (Å²) in [7, 11) is 0. The Morgan fingerprint density at radius 2 is 2.04 bits per heavy atom. The molecule has 0 N–H and O–H groups in total. The molecule has 6 nitrogen and oxygen atoms in total. The number of fused-ring (bicyclic) bond motifs is 1. The smallest absolute Gasteiger partial charge is 0.348 e. The van der Waals surface area contributed by atoms with Gasteiger partial charge in [0.15, 0.2) is 0 Å². The lowest BCUT2D eigenvalue weighted by Crippen LogP contribution is -2.20. The van der Waals surface area contributed by atoms with Gasteiger partial charge in [-0.25, -0.2) is 14.2 Å². The molecule has 0 aliphatic carbocycles. The van der Waals surface area contributed by atoms with Gasteiger partial charge in [0.1, 0.15) is 21.3 Å². The Hall–Kier alpha value is -2.87. The highest BCUT2D eigenvalue weighted by molar-refractivity contribution is 7.20. The van der Waals surface area contributed by atoms with Crippen LogP contribution in [0.3, 0.4) is 0 Å². The lowest BCUT2D eigenvalue weighted by Gasteiger charge is -2.03. The van der Waals surface area contributed by atoms with Crippen molar-refractivity contribution in [3.8, 4) is 0 Å². The molecule has 0 saturated carbocycles. The molecule has 2 aromatic heterocycles. The van der Waals surface area contributed by atoms with Crippen LogP contribution in [0.25, 0.3) is 10.2 Å². The standard InChI is InChI=1S/C18H16FN3O3S/c1-4-25-18(24)15-10(2)14-16(26-15)21-11(3)22(17(14)23)20-9-12-5-7-13(19)8-6-12/h5-9H,4H2,1-3H3. The second-order valence-electron chi connectivity index (χ2n) is 5.53. The number of aryl methyl sites for hydroxylation is 2. The van der Waals surface area contributed by atoms with Crippen molar-refractivity contribution < 1.29 is 13.9 Å². The number of ether oxygens (including phenoxy) is 1. The molecule has 26 heavy (non-hydrogen) atoms. The third-order valence-electron chi connectivity index (χ3n) is 3.76. The summed E-state index contributed by atoms with van der Waals surface area (Å²) >= 11 is 1.13. The lowest BCUT2D eigenvalue weighted by atomic mass is 10.2. The Morgan fingerprint density at radius 1 is 1.35 bits per heavy atom. The molecule has 0 aliphatic rings. The van der Waals surface area contributed by atoms with Crippen LogP contribution in [0.15, 0.2) is 34.2 Å². The quantitative estimate of drug-likeness (QED) is 0.520. The summed E-state index contributed by atoms with van der Waals surface area (Å²) in [4.78, 5) is 30.1. The highest BCUT2D eigenvalue weighted by Crippen LogP contribution is 2.28. The predicted octanol–water partition coefficient (Wildman–Crippen LogP) is 3.27. The van der Waals surface area contributed by atoms with Gasteiger partial charge >= 0.3 is 5.97 Å². The van der Waals surface area contributed by atoms with Crippen LogP contribution in [0, 0.1) is 19.7 Å². The molecule has 0 saturated heterocycles. The van der Waals surface area contributed by atoms with Crippen molar-refractivity contribution >= 4 is 33.7 Å². The van der Waals surface area contributed by atoms with Crippen molar-refractivity contribution in [3.63, 3.8) is 0 Å². The normalized spacial score (nSPS) is 11.4. The van der Waals surface area contributed by atoms with E-state index in [1.807, 2.05) is 0 Å². The minimum atomic E-state index is -0.466. The van der Waals surface area contributed by atoms with E-state index in [1.165, 1.54) is 23.0 Å². The first-order valence-electron chi connectivity index (χ1n) is 7.92. The number of aromatic nitrogens is 2. The van der Waals surface area contributed by atoms with E-state index in [4.69, 9.17) is 4.74 Å². The van der Waals surface area contributed by atoms with Gasteiger partial charge in [-0.3, -0.25) is 4.79 Å². The molecule has 0 amide bonds. The fourth-order valence-electron chi connectivity index (χ4n) is 2.48. The number of esters is 1. The first-order valence-corrected chi connectivity index (χ1v) is 8.73. The zero-order valence-corrected chi connectivity index (χ0v) is 15.3. The Labute approximate surface area is 152 Å². The molecular formula is C18H16FN3O3S. The van der Waals surface area contributed by atoms with Crippen molar-refractivity contribution in [1.29, 1.82) is 0 Å². The van der Waals surface area contributed by atoms with Crippen LogP contribution in [0.5, 0.6) is 0 Å². The van der Waals surface area contributed by atoms with Gasteiger partial charge in [-0.2, -0.15) is 9.78 Å².